The van der Waals surface area contributed by atoms with Gasteiger partial charge in [-0.15, -0.1) is 12.3 Å². The lowest BCUT2D eigenvalue weighted by Crippen LogP contribution is -2.61. The van der Waals surface area contributed by atoms with E-state index < -0.39 is 42.3 Å². The van der Waals surface area contributed by atoms with Crippen molar-refractivity contribution in [1.82, 2.24) is 19.5 Å². The highest BCUT2D eigenvalue weighted by atomic mass is 16.6. The number of aromatic nitrogens is 4. The average Bonchev–Trinajstić information content (AvgIpc) is 3.09. The van der Waals surface area contributed by atoms with Crippen LogP contribution in [0.1, 0.15) is 13.3 Å². The van der Waals surface area contributed by atoms with Gasteiger partial charge in [-0.05, 0) is 6.92 Å². The largest absolute Gasteiger partial charge is 0.394 e. The van der Waals surface area contributed by atoms with Gasteiger partial charge in [0.1, 0.15) is 30.4 Å². The summed E-state index contributed by atoms with van der Waals surface area (Å²) in [5.41, 5.74) is 1.71. The number of nitrogens with zero attached hydrogens (tertiary/aromatic N) is 4. The van der Waals surface area contributed by atoms with E-state index in [-0.39, 0.29) is 17.0 Å². The molecule has 0 spiro atoms. The molecule has 0 radical (unpaired) electrons. The first-order valence-electron chi connectivity index (χ1n) is 7.41. The lowest BCUT2D eigenvalue weighted by molar-refractivity contribution is -0.196. The second kappa shape index (κ2) is 5.75. The predicted octanol–water partition coefficient (Wildman–Crippen LogP) is -1.84. The summed E-state index contributed by atoms with van der Waals surface area (Å²) in [5, 5.41) is 31.1. The number of anilines is 1. The number of fused-ring (bicyclic) bond motifs is 1. The van der Waals surface area contributed by atoms with Crippen LogP contribution in [0.2, 0.25) is 0 Å². The van der Waals surface area contributed by atoms with E-state index >= 15 is 0 Å². The molecule has 0 bridgehead atoms. The number of ketones is 1. The molecule has 25 heavy (non-hydrogen) atoms. The molecule has 1 saturated heterocycles. The van der Waals surface area contributed by atoms with Gasteiger partial charge in [0.2, 0.25) is 5.72 Å². The maximum Gasteiger partial charge on any atom is 0.240 e. The van der Waals surface area contributed by atoms with Crippen LogP contribution in [-0.2, 0) is 15.3 Å². The highest BCUT2D eigenvalue weighted by Gasteiger charge is 2.69. The molecule has 1 fully saturated rings. The highest BCUT2D eigenvalue weighted by Crippen LogP contribution is 2.47. The maximum absolute atomic E-state index is 12.6. The summed E-state index contributed by atoms with van der Waals surface area (Å²) in [7, 11) is 0. The Morgan fingerprint density at radius 1 is 1.52 bits per heavy atom. The molecule has 2 aromatic heterocycles. The van der Waals surface area contributed by atoms with Crippen LogP contribution in [0, 0.1) is 12.3 Å². The van der Waals surface area contributed by atoms with Crippen molar-refractivity contribution in [2.75, 3.05) is 12.3 Å². The number of terminal acetylenes is 1. The first-order chi connectivity index (χ1) is 11.8. The Labute approximate surface area is 142 Å². The highest BCUT2D eigenvalue weighted by molar-refractivity contribution is 5.89. The average molecular weight is 347 g/mol. The van der Waals surface area contributed by atoms with E-state index in [4.69, 9.17) is 16.9 Å². The monoisotopic (exact) mass is 347 g/mol. The quantitative estimate of drug-likeness (QED) is 0.466. The molecule has 0 saturated carbocycles. The lowest BCUT2D eigenvalue weighted by Gasteiger charge is -2.39. The molecule has 132 valence electrons. The standard InChI is InChI=1S/C15H17N5O5/c1-3-4-14(24)11(23)9(5-21)25-15(14,8(2)22)20-7-19-10-12(16)17-6-18-13(10)20/h1,6-7,9,11,21,23-24H,4-5H2,2H3,(H2,16,17,18)/t9-,11-,14-,15-/m1/s1. The number of nitrogen functional groups attached to an aromatic ring is 1. The second-order valence-corrected chi connectivity index (χ2v) is 5.83. The fraction of sp³-hybridized carbons (Fsp3) is 0.467. The van der Waals surface area contributed by atoms with Crippen LogP contribution < -0.4 is 5.73 Å². The van der Waals surface area contributed by atoms with Crippen molar-refractivity contribution < 1.29 is 24.9 Å². The van der Waals surface area contributed by atoms with Gasteiger partial charge < -0.3 is 25.8 Å². The maximum atomic E-state index is 12.6. The molecule has 3 heterocycles. The Bertz CT molecular complexity index is 877. The molecular formula is C15H17N5O5. The summed E-state index contributed by atoms with van der Waals surface area (Å²) in [4.78, 5) is 24.5. The third-order valence-corrected chi connectivity index (χ3v) is 4.48. The Kier molecular flexibility index (Phi) is 3.97. The number of rotatable bonds is 4. The van der Waals surface area contributed by atoms with Crippen molar-refractivity contribution in [3.63, 3.8) is 0 Å². The van der Waals surface area contributed by atoms with Gasteiger partial charge in [0.15, 0.2) is 22.8 Å². The Balaban J connectivity index is 2.34. The van der Waals surface area contributed by atoms with Gasteiger partial charge in [-0.1, -0.05) is 0 Å². The number of aliphatic hydroxyl groups is 3. The number of hydrogen-bond donors (Lipinski definition) is 4. The number of hydrogen-bond acceptors (Lipinski definition) is 9. The number of carbonyl (C=O) groups excluding carboxylic acids is 1. The van der Waals surface area contributed by atoms with Gasteiger partial charge in [-0.25, -0.2) is 15.0 Å². The summed E-state index contributed by atoms with van der Waals surface area (Å²) >= 11 is 0. The van der Waals surface area contributed by atoms with Gasteiger partial charge in [0.05, 0.1) is 6.61 Å². The van der Waals surface area contributed by atoms with Crippen LogP contribution in [0.25, 0.3) is 11.2 Å². The molecule has 10 nitrogen and oxygen atoms in total. The number of aliphatic hydroxyl groups excluding tert-OH is 2. The van der Waals surface area contributed by atoms with Crippen molar-refractivity contribution in [3.05, 3.63) is 12.7 Å². The van der Waals surface area contributed by atoms with E-state index in [1.807, 2.05) is 0 Å². The molecule has 5 N–H and O–H groups in total. The molecular weight excluding hydrogens is 330 g/mol. The van der Waals surface area contributed by atoms with Crippen LogP contribution in [0.4, 0.5) is 5.82 Å². The van der Waals surface area contributed by atoms with Crippen molar-refractivity contribution in [1.29, 1.82) is 0 Å². The number of Topliss-reactive ketones (excluding diaryl/α,β-unsaturated/α-hetero) is 1. The molecule has 0 aliphatic carbocycles. The van der Waals surface area contributed by atoms with E-state index in [2.05, 4.69) is 20.9 Å². The molecule has 1 aliphatic rings. The van der Waals surface area contributed by atoms with Gasteiger partial charge in [-0.2, -0.15) is 0 Å². The van der Waals surface area contributed by atoms with E-state index in [0.29, 0.717) is 0 Å². The van der Waals surface area contributed by atoms with Gasteiger partial charge in [0, 0.05) is 6.42 Å². The van der Waals surface area contributed by atoms with Crippen LogP contribution in [-0.4, -0.2) is 65.0 Å². The summed E-state index contributed by atoms with van der Waals surface area (Å²) in [6.45, 7) is 0.539. The molecule has 0 unspecified atom stereocenters. The third-order valence-electron chi connectivity index (χ3n) is 4.48. The summed E-state index contributed by atoms with van der Waals surface area (Å²) in [6, 6.07) is 0. The van der Waals surface area contributed by atoms with Crippen LogP contribution >= 0.6 is 0 Å². The van der Waals surface area contributed by atoms with Crippen molar-refractivity contribution in [2.24, 2.45) is 0 Å². The topological polar surface area (TPSA) is 157 Å². The minimum Gasteiger partial charge on any atom is -0.394 e. The Morgan fingerprint density at radius 3 is 2.84 bits per heavy atom. The first kappa shape index (κ1) is 17.2. The van der Waals surface area contributed by atoms with E-state index in [9.17, 15) is 20.1 Å². The number of carbonyl (C=O) groups is 1. The minimum atomic E-state index is -2.21. The fourth-order valence-corrected chi connectivity index (χ4v) is 3.32. The SMILES string of the molecule is C#CC[C@@]1(O)[C@H](O)[C@@H](CO)O[C@@]1(C(C)=O)n1cnc2c(N)ncnc21. The fourth-order valence-electron chi connectivity index (χ4n) is 3.32. The molecule has 0 aromatic carbocycles. The zero-order chi connectivity index (χ0) is 18.4. The molecule has 10 heteroatoms. The number of ether oxygens (including phenoxy) is 1. The van der Waals surface area contributed by atoms with Gasteiger partial charge in [0.25, 0.3) is 0 Å². The smallest absolute Gasteiger partial charge is 0.240 e. The molecule has 2 aromatic rings. The Morgan fingerprint density at radius 2 is 2.24 bits per heavy atom. The zero-order valence-electron chi connectivity index (χ0n) is 13.3. The van der Waals surface area contributed by atoms with Crippen LogP contribution in [0.5, 0.6) is 0 Å². The predicted molar refractivity (Wildman–Crippen MR) is 84.8 cm³/mol. The van der Waals surface area contributed by atoms with Crippen molar-refractivity contribution >= 4 is 22.8 Å². The van der Waals surface area contributed by atoms with Gasteiger partial charge in [-0.3, -0.25) is 9.36 Å². The van der Waals surface area contributed by atoms with E-state index in [1.165, 1.54) is 24.1 Å². The van der Waals surface area contributed by atoms with Crippen molar-refractivity contribution in [3.8, 4) is 12.3 Å². The third kappa shape index (κ3) is 2.07. The normalized spacial score (nSPS) is 32.0. The van der Waals surface area contributed by atoms with Gasteiger partial charge >= 0.3 is 0 Å². The zero-order valence-corrected chi connectivity index (χ0v) is 13.3. The van der Waals surface area contributed by atoms with Crippen LogP contribution in [0.3, 0.4) is 0 Å². The number of imidazole rings is 1. The summed E-state index contributed by atoms with van der Waals surface area (Å²) in [5.74, 6) is 1.66. The molecule has 4 atom stereocenters. The second-order valence-electron chi connectivity index (χ2n) is 5.83. The summed E-state index contributed by atoms with van der Waals surface area (Å²) in [6.07, 6.45) is 4.43. The van der Waals surface area contributed by atoms with Crippen LogP contribution in [0.15, 0.2) is 12.7 Å². The Hall–Kier alpha value is -2.58. The molecule has 3 rings (SSSR count). The van der Waals surface area contributed by atoms with Crippen molar-refractivity contribution in [2.45, 2.75) is 36.9 Å². The van der Waals surface area contributed by atoms with E-state index in [0.717, 1.165) is 0 Å². The minimum absolute atomic E-state index is 0.0696. The summed E-state index contributed by atoms with van der Waals surface area (Å²) < 4.78 is 6.82. The first-order valence-corrected chi connectivity index (χ1v) is 7.41. The lowest BCUT2D eigenvalue weighted by atomic mass is 9.80. The molecule has 1 aliphatic heterocycles. The molecule has 0 amide bonds. The van der Waals surface area contributed by atoms with E-state index in [1.54, 1.807) is 0 Å². The number of nitrogens with two attached hydrogens (primary N) is 1.